The first-order chi connectivity index (χ1) is 17.8. The molecule has 0 fully saturated rings. The molecule has 0 bridgehead atoms. The molecule has 1 heterocycles. The first kappa shape index (κ1) is 26.0. The summed E-state index contributed by atoms with van der Waals surface area (Å²) in [5.74, 6) is -0.346. The number of nitrogens with one attached hydrogen (secondary N) is 1. The number of ether oxygens (including phenoxy) is 1. The summed E-state index contributed by atoms with van der Waals surface area (Å²) in [7, 11) is 0. The lowest BCUT2D eigenvalue weighted by Gasteiger charge is -2.10. The molecule has 0 aliphatic carbocycles. The molecule has 0 radical (unpaired) electrons. The average Bonchev–Trinajstić information content (AvgIpc) is 2.88. The molecule has 4 aromatic rings. The first-order valence-corrected chi connectivity index (χ1v) is 12.1. The average molecular weight is 585 g/mol. The van der Waals surface area contributed by atoms with E-state index < -0.39 is 23.1 Å². The number of para-hydroxylation sites is 1. The number of carbonyl (C=O) groups excluding carboxylic acids is 1. The molecule has 4 rings (SSSR count). The van der Waals surface area contributed by atoms with Crippen molar-refractivity contribution >= 4 is 61.9 Å². The largest absolute Gasteiger partial charge is 0.476 e. The lowest BCUT2D eigenvalue weighted by atomic mass is 10.2. The highest BCUT2D eigenvalue weighted by Crippen LogP contribution is 2.36. The summed E-state index contributed by atoms with van der Waals surface area (Å²) in [5.41, 5.74) is 0.504. The molecule has 0 aliphatic rings. The highest BCUT2D eigenvalue weighted by Gasteiger charge is 2.21. The summed E-state index contributed by atoms with van der Waals surface area (Å²) in [4.78, 5) is 40.8. The van der Waals surface area contributed by atoms with Gasteiger partial charge >= 0.3 is 5.69 Å². The third-order valence-electron chi connectivity index (χ3n) is 5.16. The van der Waals surface area contributed by atoms with Crippen molar-refractivity contribution in [2.45, 2.75) is 13.3 Å². The smallest absolute Gasteiger partial charge is 0.313 e. The third kappa shape index (κ3) is 6.01. The van der Waals surface area contributed by atoms with Crippen LogP contribution in [0.1, 0.15) is 18.3 Å². The maximum atomic E-state index is 13.1. The number of fused-ring (bicyclic) bond motifs is 1. The second kappa shape index (κ2) is 11.3. The fourth-order valence-electron chi connectivity index (χ4n) is 3.48. The summed E-state index contributed by atoms with van der Waals surface area (Å²) in [6.07, 6.45) is 1.70. The standard InChI is InChI=1S/C25H19BrClN5O5/c1-2-22-30-20-9-8-16(26)12-18(20)25(34)31(22)28-13-15-10-19(27)24(21(11-15)32(35)36)37-14-23(33)29-17-6-4-3-5-7-17/h3-13H,2,14H2,1H3,(H,29,33). The number of halogens is 2. The number of hydrogen-bond acceptors (Lipinski definition) is 7. The molecule has 0 atom stereocenters. The van der Waals surface area contributed by atoms with Gasteiger partial charge in [-0.25, -0.2) is 4.98 Å². The minimum atomic E-state index is -0.674. The number of amides is 1. The zero-order chi connectivity index (χ0) is 26.5. The number of carbonyl (C=O) groups is 1. The van der Waals surface area contributed by atoms with Gasteiger partial charge in [0.25, 0.3) is 11.5 Å². The fraction of sp³-hybridized carbons (Fsp3) is 0.120. The van der Waals surface area contributed by atoms with Gasteiger partial charge in [-0.2, -0.15) is 9.78 Å². The number of nitrogens with zero attached hydrogens (tertiary/aromatic N) is 4. The summed E-state index contributed by atoms with van der Waals surface area (Å²) in [5, 5.41) is 18.9. The van der Waals surface area contributed by atoms with E-state index in [0.29, 0.717) is 33.3 Å². The van der Waals surface area contributed by atoms with Crippen molar-refractivity contribution < 1.29 is 14.5 Å². The Morgan fingerprint density at radius 1 is 1.24 bits per heavy atom. The van der Waals surface area contributed by atoms with Crippen LogP contribution in [0.25, 0.3) is 10.9 Å². The fourth-order valence-corrected chi connectivity index (χ4v) is 4.11. The van der Waals surface area contributed by atoms with E-state index in [1.165, 1.54) is 18.3 Å². The summed E-state index contributed by atoms with van der Waals surface area (Å²) in [6.45, 7) is 1.34. The van der Waals surface area contributed by atoms with Crippen molar-refractivity contribution in [3.8, 4) is 5.75 Å². The van der Waals surface area contributed by atoms with Gasteiger partial charge in [0, 0.05) is 28.2 Å². The highest BCUT2D eigenvalue weighted by molar-refractivity contribution is 9.10. The van der Waals surface area contributed by atoms with Crippen molar-refractivity contribution in [2.24, 2.45) is 5.10 Å². The van der Waals surface area contributed by atoms with Crippen molar-refractivity contribution in [3.05, 3.63) is 102 Å². The Hall–Kier alpha value is -4.09. The van der Waals surface area contributed by atoms with Gasteiger partial charge in [0.15, 0.2) is 6.61 Å². The van der Waals surface area contributed by atoms with Crippen LogP contribution in [0.3, 0.4) is 0 Å². The molecule has 0 aliphatic heterocycles. The minimum Gasteiger partial charge on any atom is -0.476 e. The lowest BCUT2D eigenvalue weighted by molar-refractivity contribution is -0.385. The zero-order valence-corrected chi connectivity index (χ0v) is 21.7. The highest BCUT2D eigenvalue weighted by atomic mass is 79.9. The Kier molecular flexibility index (Phi) is 7.95. The van der Waals surface area contributed by atoms with Crippen LogP contribution < -0.4 is 15.6 Å². The Balaban J connectivity index is 1.62. The van der Waals surface area contributed by atoms with Gasteiger partial charge in [0.2, 0.25) is 5.75 Å². The van der Waals surface area contributed by atoms with Crippen LogP contribution in [0.4, 0.5) is 11.4 Å². The number of benzene rings is 3. The van der Waals surface area contributed by atoms with E-state index in [4.69, 9.17) is 16.3 Å². The molecule has 12 heteroatoms. The molecule has 1 amide bonds. The molecule has 0 spiro atoms. The lowest BCUT2D eigenvalue weighted by Crippen LogP contribution is -2.22. The van der Waals surface area contributed by atoms with Crippen LogP contribution in [0.15, 0.2) is 75.0 Å². The van der Waals surface area contributed by atoms with Crippen LogP contribution >= 0.6 is 27.5 Å². The van der Waals surface area contributed by atoms with E-state index in [1.807, 2.05) is 6.92 Å². The van der Waals surface area contributed by atoms with Crippen molar-refractivity contribution in [1.29, 1.82) is 0 Å². The Morgan fingerprint density at radius 3 is 2.70 bits per heavy atom. The first-order valence-electron chi connectivity index (χ1n) is 11.0. The number of nitro benzene ring substituents is 1. The Bertz CT molecular complexity index is 1590. The molecular weight excluding hydrogens is 566 g/mol. The number of nitro groups is 1. The minimum absolute atomic E-state index is 0.0909. The molecule has 37 heavy (non-hydrogen) atoms. The molecule has 0 saturated carbocycles. The van der Waals surface area contributed by atoms with Crippen molar-refractivity contribution in [2.75, 3.05) is 11.9 Å². The van der Waals surface area contributed by atoms with Crippen molar-refractivity contribution in [3.63, 3.8) is 0 Å². The van der Waals surface area contributed by atoms with Gasteiger partial charge in [0.1, 0.15) is 5.82 Å². The number of aromatic nitrogens is 2. The van der Waals surface area contributed by atoms with E-state index >= 15 is 0 Å². The second-order valence-corrected chi connectivity index (χ2v) is 9.04. The number of aryl methyl sites for hydroxylation is 1. The van der Waals surface area contributed by atoms with Crippen LogP contribution in [-0.2, 0) is 11.2 Å². The maximum absolute atomic E-state index is 13.1. The van der Waals surface area contributed by atoms with Crippen LogP contribution in [0.2, 0.25) is 5.02 Å². The molecule has 188 valence electrons. The van der Waals surface area contributed by atoms with Crippen molar-refractivity contribution in [1.82, 2.24) is 9.66 Å². The third-order valence-corrected chi connectivity index (χ3v) is 5.94. The van der Waals surface area contributed by atoms with Gasteiger partial charge in [-0.1, -0.05) is 52.7 Å². The number of hydrogen-bond donors (Lipinski definition) is 1. The van der Waals surface area contributed by atoms with Gasteiger partial charge in [-0.15, -0.1) is 0 Å². The predicted molar refractivity (Wildman–Crippen MR) is 145 cm³/mol. The van der Waals surface area contributed by atoms with E-state index in [-0.39, 0.29) is 21.9 Å². The monoisotopic (exact) mass is 583 g/mol. The van der Waals surface area contributed by atoms with E-state index in [2.05, 4.69) is 31.3 Å². The second-order valence-electron chi connectivity index (χ2n) is 7.72. The predicted octanol–water partition coefficient (Wildman–Crippen LogP) is 5.18. The molecule has 10 nitrogen and oxygen atoms in total. The SMILES string of the molecule is CCc1nc2ccc(Br)cc2c(=O)n1N=Cc1cc(Cl)c(OCC(=O)Nc2ccccc2)c([N+](=O)[O-])c1. The zero-order valence-electron chi connectivity index (χ0n) is 19.4. The van der Waals surface area contributed by atoms with Crippen LogP contribution in [0.5, 0.6) is 5.75 Å². The molecule has 3 aromatic carbocycles. The Morgan fingerprint density at radius 2 is 2.00 bits per heavy atom. The quantitative estimate of drug-likeness (QED) is 0.173. The molecular formula is C25H19BrClN5O5. The number of rotatable bonds is 8. The van der Waals surface area contributed by atoms with E-state index in [0.717, 1.165) is 4.68 Å². The Labute approximate surface area is 223 Å². The summed E-state index contributed by atoms with van der Waals surface area (Å²) in [6, 6.07) is 16.5. The summed E-state index contributed by atoms with van der Waals surface area (Å²) >= 11 is 9.63. The van der Waals surface area contributed by atoms with Gasteiger partial charge in [-0.3, -0.25) is 19.7 Å². The van der Waals surface area contributed by atoms with Crippen LogP contribution in [-0.4, -0.2) is 33.3 Å². The summed E-state index contributed by atoms with van der Waals surface area (Å²) < 4.78 is 7.26. The van der Waals surface area contributed by atoms with Gasteiger partial charge in [0.05, 0.1) is 27.1 Å². The topological polar surface area (TPSA) is 129 Å². The molecule has 0 unspecified atom stereocenters. The van der Waals surface area contributed by atoms with E-state index in [1.54, 1.807) is 48.5 Å². The van der Waals surface area contributed by atoms with Crippen LogP contribution in [0, 0.1) is 10.1 Å². The molecule has 1 aromatic heterocycles. The molecule has 0 saturated heterocycles. The molecule has 1 N–H and O–H groups in total. The number of anilines is 1. The van der Waals surface area contributed by atoms with Gasteiger partial charge < -0.3 is 10.1 Å². The normalized spacial score (nSPS) is 11.1. The maximum Gasteiger partial charge on any atom is 0.313 e. The van der Waals surface area contributed by atoms with E-state index in [9.17, 15) is 19.7 Å². The van der Waals surface area contributed by atoms with Gasteiger partial charge in [-0.05, 0) is 36.4 Å².